The number of amides is 4. The summed E-state index contributed by atoms with van der Waals surface area (Å²) in [7, 11) is 2.57. The predicted octanol–water partition coefficient (Wildman–Crippen LogP) is 7.10. The number of rotatable bonds is 24. The summed E-state index contributed by atoms with van der Waals surface area (Å²) >= 11 is 0. The van der Waals surface area contributed by atoms with Gasteiger partial charge >= 0.3 is 0 Å². The Morgan fingerprint density at radius 1 is 0.573 bits per heavy atom. The molecule has 10 atom stereocenters. The molecule has 472 valence electrons. The van der Waals surface area contributed by atoms with Gasteiger partial charge < -0.3 is 69.5 Å². The third-order valence-electron chi connectivity index (χ3n) is 15.6. The van der Waals surface area contributed by atoms with E-state index in [0.717, 1.165) is 76.4 Å². The number of carbonyl (C=O) groups excluding carboxylic acids is 4. The summed E-state index contributed by atoms with van der Waals surface area (Å²) in [5.74, 6) is -2.87. The van der Waals surface area contributed by atoms with E-state index < -0.39 is 78.5 Å². The second kappa shape index (κ2) is 33.4. The molecule has 0 unspecified atom stereocenters. The van der Waals surface area contributed by atoms with Crippen LogP contribution in [0.25, 0.3) is 22.3 Å². The largest absolute Gasteiger partial charge is 0.391 e. The number of nitrogens with zero attached hydrogens (tertiary/aromatic N) is 4. The number of ether oxygens (including phenoxy) is 4. The summed E-state index contributed by atoms with van der Waals surface area (Å²) in [6.07, 6.45) is -5.00. The second-order valence-corrected chi connectivity index (χ2v) is 22.6. The van der Waals surface area contributed by atoms with Crippen LogP contribution in [0.1, 0.15) is 74.6 Å². The van der Waals surface area contributed by atoms with E-state index in [1.807, 2.05) is 146 Å². The quantitative estimate of drug-likeness (QED) is 0.0261. The number of carbonyl (C=O) groups is 4. The topological polar surface area (TPSA) is 260 Å². The zero-order chi connectivity index (χ0) is 63.1. The molecule has 6 aromatic carbocycles. The number of likely N-dealkylation sites (tertiary alicyclic amines) is 2. The maximum absolute atomic E-state index is 13.7. The average molecular weight is 1220 g/mol. The number of hydrogen-bond donors (Lipinski definition) is 6. The molecule has 20 nitrogen and oxygen atoms in total. The second-order valence-electron chi connectivity index (χ2n) is 22.6. The van der Waals surface area contributed by atoms with Gasteiger partial charge in [-0.3, -0.25) is 19.2 Å². The first kappa shape index (κ1) is 66.8. The maximum Gasteiger partial charge on any atom is 0.252 e. The van der Waals surface area contributed by atoms with Crippen LogP contribution in [-0.4, -0.2) is 160 Å². The molecular weight excluding hydrogens is 1140 g/mol. The molecule has 9 rings (SSSR count). The van der Waals surface area contributed by atoms with E-state index in [4.69, 9.17) is 28.6 Å². The Hall–Kier alpha value is -8.18. The Balaban J connectivity index is 0.000000231. The first-order chi connectivity index (χ1) is 43.1. The number of hydrogen-bond acceptors (Lipinski definition) is 16. The van der Waals surface area contributed by atoms with Crippen LogP contribution < -0.4 is 10.6 Å². The summed E-state index contributed by atoms with van der Waals surface area (Å²) < 4.78 is 22.6. The summed E-state index contributed by atoms with van der Waals surface area (Å²) in [5.41, 5.74) is 8.21. The first-order valence-electron chi connectivity index (χ1n) is 30.1. The number of methoxy groups -OCH3 is 2. The van der Waals surface area contributed by atoms with Crippen LogP contribution >= 0.6 is 0 Å². The van der Waals surface area contributed by atoms with Crippen molar-refractivity contribution in [2.75, 3.05) is 27.3 Å². The molecule has 4 amide bonds. The van der Waals surface area contributed by atoms with Gasteiger partial charge in [0, 0.05) is 40.4 Å². The van der Waals surface area contributed by atoms with Crippen LogP contribution in [0.15, 0.2) is 180 Å². The number of nitrogens with one attached hydrogen (secondary N) is 2. The van der Waals surface area contributed by atoms with Crippen molar-refractivity contribution in [3.05, 3.63) is 192 Å². The van der Waals surface area contributed by atoms with E-state index in [9.17, 15) is 39.6 Å². The van der Waals surface area contributed by atoms with Crippen molar-refractivity contribution in [3.63, 3.8) is 0 Å². The average Bonchev–Trinajstić information content (AvgIpc) is 2.72. The lowest BCUT2D eigenvalue weighted by molar-refractivity contribution is -0.329. The van der Waals surface area contributed by atoms with Crippen molar-refractivity contribution in [3.8, 4) is 22.3 Å². The SMILES string of the molecule is CO[C@@H](C(=O)N[C@H]1CCCCN(Cc2ccc(-c3ccccc3)cc2)C1=O)[C@@H]1OC(C)(C)O[C@H](C=NOCc2ccccc2)[C@@H]1O.CO[C@@H](C(=O)N[C@H]1CCCCN(Cc2ccc(-c3ccccc3)cc2)C1=O)[C@H](O)[C@@H](O)[C@H](O)C=NOCc1ccccc1. The molecule has 20 heteroatoms. The van der Waals surface area contributed by atoms with Crippen molar-refractivity contribution in [1.29, 1.82) is 0 Å². The fourth-order valence-electron chi connectivity index (χ4n) is 10.8. The van der Waals surface area contributed by atoms with Crippen LogP contribution in [-0.2, 0) is 74.1 Å². The minimum atomic E-state index is -1.81. The molecule has 3 saturated heterocycles. The van der Waals surface area contributed by atoms with E-state index in [1.165, 1.54) is 20.4 Å². The van der Waals surface area contributed by atoms with Gasteiger partial charge in [-0.15, -0.1) is 0 Å². The van der Waals surface area contributed by atoms with Gasteiger partial charge in [0.15, 0.2) is 18.0 Å². The Morgan fingerprint density at radius 3 is 1.47 bits per heavy atom. The molecule has 3 fully saturated rings. The van der Waals surface area contributed by atoms with Gasteiger partial charge in [0.25, 0.3) is 11.8 Å². The zero-order valence-electron chi connectivity index (χ0n) is 50.7. The van der Waals surface area contributed by atoms with Gasteiger partial charge in [-0.1, -0.05) is 180 Å². The molecular formula is C69H82N6O14. The summed E-state index contributed by atoms with van der Waals surface area (Å²) in [5, 5.41) is 55.8. The fourth-order valence-corrected chi connectivity index (χ4v) is 10.8. The van der Waals surface area contributed by atoms with Crippen molar-refractivity contribution in [1.82, 2.24) is 20.4 Å². The molecule has 89 heavy (non-hydrogen) atoms. The highest BCUT2D eigenvalue weighted by Gasteiger charge is 2.48. The van der Waals surface area contributed by atoms with Crippen LogP contribution in [0, 0.1) is 0 Å². The molecule has 0 saturated carbocycles. The van der Waals surface area contributed by atoms with E-state index in [1.54, 1.807) is 23.6 Å². The predicted molar refractivity (Wildman–Crippen MR) is 335 cm³/mol. The van der Waals surface area contributed by atoms with Crippen molar-refractivity contribution in [2.45, 2.75) is 145 Å². The van der Waals surface area contributed by atoms with Crippen LogP contribution in [0.3, 0.4) is 0 Å². The van der Waals surface area contributed by atoms with Crippen molar-refractivity contribution >= 4 is 36.1 Å². The lowest BCUT2D eigenvalue weighted by Gasteiger charge is -2.44. The number of benzene rings is 6. The molecule has 0 spiro atoms. The van der Waals surface area contributed by atoms with E-state index in [2.05, 4.69) is 45.2 Å². The molecule has 0 radical (unpaired) electrons. The number of aliphatic hydroxyl groups is 4. The third kappa shape index (κ3) is 19.4. The van der Waals surface area contributed by atoms with E-state index >= 15 is 0 Å². The standard InChI is InChI=1S/C36H43N3O7.C33H39N3O7/c1-36(2)45-30(22-37-44-24-26-12-6-4-7-13-26)31(40)32(46-36)33(43-3)34(41)38-29-16-10-11-21-39(35(29)42)23-25-17-19-28(20-18-25)27-14-8-5-9-15-27;1-42-31(30(39)29(38)28(37)20-34-43-22-24-10-4-2-5-11-24)32(40)35-27-14-8-9-19-36(33(27)41)21-23-15-17-26(18-16-23)25-12-6-3-7-13-25/h4-9,12-15,17-20,22,29-33,40H,10-11,16,21,23-24H2,1-3H3,(H,38,41);2-7,10-13,15-18,20,27-31,37-39H,8-9,14,19,21-22H2,1H3,(H,35,40)/t29-,30+,31-,32+,33+;27-,28+,29-,30+,31+/m00/s1. The molecule has 3 aliphatic rings. The number of oxime groups is 2. The molecule has 0 aromatic heterocycles. The molecule has 6 N–H and O–H groups in total. The maximum atomic E-state index is 13.7. The van der Waals surface area contributed by atoms with Crippen LogP contribution in [0.5, 0.6) is 0 Å². The monoisotopic (exact) mass is 1220 g/mol. The molecule has 0 bridgehead atoms. The molecule has 6 aromatic rings. The minimum absolute atomic E-state index is 0.150. The molecule has 3 aliphatic heterocycles. The van der Waals surface area contributed by atoms with Crippen molar-refractivity contribution < 1.29 is 68.2 Å². The fraction of sp³-hybridized carbons (Fsp3) is 0.391. The normalized spacial score (nSPS) is 21.3. The summed E-state index contributed by atoms with van der Waals surface area (Å²) in [6, 6.07) is 53.6. The highest BCUT2D eigenvalue weighted by Crippen LogP contribution is 2.30. The Morgan fingerprint density at radius 2 is 1.01 bits per heavy atom. The molecule has 0 aliphatic carbocycles. The van der Waals surface area contributed by atoms with Gasteiger partial charge in [-0.2, -0.15) is 0 Å². The lowest BCUT2D eigenvalue weighted by Crippen LogP contribution is -2.62. The Labute approximate surface area is 520 Å². The van der Waals surface area contributed by atoms with Crippen LogP contribution in [0.2, 0.25) is 0 Å². The highest BCUT2D eigenvalue weighted by molar-refractivity contribution is 5.91. The van der Waals surface area contributed by atoms with E-state index in [-0.39, 0.29) is 25.0 Å². The van der Waals surface area contributed by atoms with Gasteiger partial charge in [-0.25, -0.2) is 0 Å². The van der Waals surface area contributed by atoms with Gasteiger partial charge in [0.05, 0.1) is 12.4 Å². The lowest BCUT2D eigenvalue weighted by atomic mass is 9.99. The minimum Gasteiger partial charge on any atom is -0.391 e. The van der Waals surface area contributed by atoms with E-state index in [0.29, 0.717) is 39.0 Å². The first-order valence-corrected chi connectivity index (χ1v) is 30.1. The van der Waals surface area contributed by atoms with Gasteiger partial charge in [0.2, 0.25) is 11.8 Å². The summed E-state index contributed by atoms with van der Waals surface area (Å²) in [6.45, 7) is 5.75. The third-order valence-corrected chi connectivity index (χ3v) is 15.6. The van der Waals surface area contributed by atoms with Gasteiger partial charge in [0.1, 0.15) is 61.9 Å². The van der Waals surface area contributed by atoms with Crippen LogP contribution in [0.4, 0.5) is 0 Å². The summed E-state index contributed by atoms with van der Waals surface area (Å²) in [4.78, 5) is 67.9. The molecule has 3 heterocycles. The Kier molecular flexibility index (Phi) is 25.1. The highest BCUT2D eigenvalue weighted by atomic mass is 16.7. The number of aliphatic hydroxyl groups excluding tert-OH is 4. The zero-order valence-corrected chi connectivity index (χ0v) is 50.7. The van der Waals surface area contributed by atoms with Crippen molar-refractivity contribution in [2.24, 2.45) is 10.3 Å². The Bertz CT molecular complexity index is 3200. The van der Waals surface area contributed by atoms with Gasteiger partial charge in [-0.05, 0) is 96.9 Å². The smallest absolute Gasteiger partial charge is 0.252 e.